The number of hydrogen-bond acceptors (Lipinski definition) is 3. The first kappa shape index (κ1) is 15.9. The van der Waals surface area contributed by atoms with Crippen molar-refractivity contribution in [3.8, 4) is 5.75 Å². The molecule has 0 saturated heterocycles. The number of hydrogen-bond donors (Lipinski definition) is 1. The van der Waals surface area contributed by atoms with Crippen LogP contribution >= 0.6 is 11.6 Å². The standard InChI is InChI=1S/C17H23ClN2O/c1-17(2,3)10-13(18)11-20-16-15-6-5-14(21-4)9-12(15)7-8-19-16/h5-9,13H,10-11H2,1-4H3,(H,19,20). The third-order valence-corrected chi connectivity index (χ3v) is 3.61. The number of nitrogens with one attached hydrogen (secondary N) is 1. The number of rotatable bonds is 5. The van der Waals surface area contributed by atoms with Crippen molar-refractivity contribution in [1.82, 2.24) is 4.98 Å². The van der Waals surface area contributed by atoms with Crippen LogP contribution in [0.2, 0.25) is 0 Å². The van der Waals surface area contributed by atoms with Gasteiger partial charge in [-0.15, -0.1) is 11.6 Å². The minimum Gasteiger partial charge on any atom is -0.497 e. The van der Waals surface area contributed by atoms with Gasteiger partial charge in [0, 0.05) is 18.1 Å². The quantitative estimate of drug-likeness (QED) is 0.813. The third-order valence-electron chi connectivity index (χ3n) is 3.30. The van der Waals surface area contributed by atoms with Crippen molar-refractivity contribution in [1.29, 1.82) is 0 Å². The first-order valence-electron chi connectivity index (χ1n) is 7.20. The van der Waals surface area contributed by atoms with Crippen LogP contribution in [0.5, 0.6) is 5.75 Å². The lowest BCUT2D eigenvalue weighted by atomic mass is 9.90. The maximum atomic E-state index is 6.40. The molecule has 1 aromatic heterocycles. The van der Waals surface area contributed by atoms with E-state index in [4.69, 9.17) is 16.3 Å². The molecule has 0 aliphatic carbocycles. The van der Waals surface area contributed by atoms with E-state index < -0.39 is 0 Å². The molecule has 2 aromatic rings. The van der Waals surface area contributed by atoms with Crippen molar-refractivity contribution in [3.05, 3.63) is 30.5 Å². The first-order chi connectivity index (χ1) is 9.89. The molecular formula is C17H23ClN2O. The summed E-state index contributed by atoms with van der Waals surface area (Å²) in [5, 5.41) is 5.63. The number of alkyl halides is 1. The summed E-state index contributed by atoms with van der Waals surface area (Å²) < 4.78 is 5.25. The van der Waals surface area contributed by atoms with Gasteiger partial charge in [0.25, 0.3) is 0 Å². The van der Waals surface area contributed by atoms with Gasteiger partial charge in [0.15, 0.2) is 0 Å². The Morgan fingerprint density at radius 1 is 1.29 bits per heavy atom. The van der Waals surface area contributed by atoms with Crippen LogP contribution in [0.4, 0.5) is 5.82 Å². The fraction of sp³-hybridized carbons (Fsp3) is 0.471. The second kappa shape index (κ2) is 6.52. The average Bonchev–Trinajstić information content (AvgIpc) is 2.42. The second-order valence-electron chi connectivity index (χ2n) is 6.49. The summed E-state index contributed by atoms with van der Waals surface area (Å²) in [6.07, 6.45) is 2.76. The van der Waals surface area contributed by atoms with Crippen molar-refractivity contribution >= 4 is 28.2 Å². The molecule has 0 aliphatic rings. The first-order valence-corrected chi connectivity index (χ1v) is 7.63. The van der Waals surface area contributed by atoms with Crippen LogP contribution in [0.3, 0.4) is 0 Å². The molecule has 0 bridgehead atoms. The SMILES string of the molecule is COc1ccc2c(NCC(Cl)CC(C)(C)C)nccc2c1. The van der Waals surface area contributed by atoms with E-state index in [0.29, 0.717) is 6.54 Å². The summed E-state index contributed by atoms with van der Waals surface area (Å²) in [6, 6.07) is 7.96. The normalized spacial score (nSPS) is 13.2. The van der Waals surface area contributed by atoms with Crippen molar-refractivity contribution in [2.75, 3.05) is 19.0 Å². The molecule has 0 amide bonds. The van der Waals surface area contributed by atoms with Gasteiger partial charge in [-0.05, 0) is 41.5 Å². The number of methoxy groups -OCH3 is 1. The zero-order valence-electron chi connectivity index (χ0n) is 13.1. The molecule has 1 heterocycles. The lowest BCUT2D eigenvalue weighted by molar-refractivity contribution is 0.373. The van der Waals surface area contributed by atoms with E-state index in [1.165, 1.54) is 0 Å². The van der Waals surface area contributed by atoms with Crippen molar-refractivity contribution < 1.29 is 4.74 Å². The van der Waals surface area contributed by atoms with Gasteiger partial charge in [-0.25, -0.2) is 4.98 Å². The van der Waals surface area contributed by atoms with Crippen LogP contribution < -0.4 is 10.1 Å². The highest BCUT2D eigenvalue weighted by Crippen LogP contribution is 2.27. The molecule has 1 atom stereocenters. The molecule has 0 aliphatic heterocycles. The predicted octanol–water partition coefficient (Wildman–Crippen LogP) is 4.70. The van der Waals surface area contributed by atoms with Crippen LogP contribution in [-0.4, -0.2) is 24.0 Å². The highest BCUT2D eigenvalue weighted by Gasteiger charge is 2.17. The molecule has 114 valence electrons. The van der Waals surface area contributed by atoms with Gasteiger partial charge in [-0.3, -0.25) is 0 Å². The molecular weight excluding hydrogens is 284 g/mol. The minimum absolute atomic E-state index is 0.0836. The topological polar surface area (TPSA) is 34.1 Å². The van der Waals surface area contributed by atoms with Gasteiger partial charge in [-0.1, -0.05) is 20.8 Å². The number of benzene rings is 1. The Labute approximate surface area is 131 Å². The Bertz CT molecular complexity index is 607. The van der Waals surface area contributed by atoms with Gasteiger partial charge in [0.05, 0.1) is 12.5 Å². The molecule has 21 heavy (non-hydrogen) atoms. The molecule has 0 spiro atoms. The van der Waals surface area contributed by atoms with Gasteiger partial charge in [0.1, 0.15) is 11.6 Å². The van der Waals surface area contributed by atoms with E-state index in [1.807, 2.05) is 24.3 Å². The van der Waals surface area contributed by atoms with E-state index in [1.54, 1.807) is 13.3 Å². The number of fused-ring (bicyclic) bond motifs is 1. The van der Waals surface area contributed by atoms with Crippen LogP contribution in [-0.2, 0) is 0 Å². The second-order valence-corrected chi connectivity index (χ2v) is 7.11. The monoisotopic (exact) mass is 306 g/mol. The number of pyridine rings is 1. The Morgan fingerprint density at radius 2 is 2.05 bits per heavy atom. The summed E-state index contributed by atoms with van der Waals surface area (Å²) in [4.78, 5) is 4.42. The Hall–Kier alpha value is -1.48. The molecule has 1 unspecified atom stereocenters. The number of halogens is 1. The smallest absolute Gasteiger partial charge is 0.133 e. The molecule has 1 aromatic carbocycles. The third kappa shape index (κ3) is 4.50. The van der Waals surface area contributed by atoms with Crippen molar-refractivity contribution in [2.45, 2.75) is 32.6 Å². The molecule has 3 nitrogen and oxygen atoms in total. The molecule has 0 fully saturated rings. The molecule has 0 radical (unpaired) electrons. The van der Waals surface area contributed by atoms with E-state index in [-0.39, 0.29) is 10.8 Å². The molecule has 1 N–H and O–H groups in total. The summed E-state index contributed by atoms with van der Waals surface area (Å²) in [6.45, 7) is 7.30. The van der Waals surface area contributed by atoms with Gasteiger partial charge >= 0.3 is 0 Å². The highest BCUT2D eigenvalue weighted by atomic mass is 35.5. The summed E-state index contributed by atoms with van der Waals surface area (Å²) in [5.74, 6) is 1.72. The molecule has 4 heteroatoms. The maximum absolute atomic E-state index is 6.40. The number of ether oxygens (including phenoxy) is 1. The summed E-state index contributed by atoms with van der Waals surface area (Å²) in [7, 11) is 1.67. The van der Waals surface area contributed by atoms with E-state index in [0.717, 1.165) is 28.8 Å². The van der Waals surface area contributed by atoms with Crippen molar-refractivity contribution in [3.63, 3.8) is 0 Å². The zero-order valence-corrected chi connectivity index (χ0v) is 13.9. The van der Waals surface area contributed by atoms with E-state index >= 15 is 0 Å². The maximum Gasteiger partial charge on any atom is 0.133 e. The minimum atomic E-state index is 0.0836. The van der Waals surface area contributed by atoms with Gasteiger partial charge in [-0.2, -0.15) is 0 Å². The van der Waals surface area contributed by atoms with Crippen molar-refractivity contribution in [2.24, 2.45) is 5.41 Å². The number of aromatic nitrogens is 1. The van der Waals surface area contributed by atoms with Crippen LogP contribution in [0, 0.1) is 5.41 Å². The van der Waals surface area contributed by atoms with Crippen LogP contribution in [0.1, 0.15) is 27.2 Å². The molecule has 2 rings (SSSR count). The zero-order chi connectivity index (χ0) is 15.5. The average molecular weight is 307 g/mol. The summed E-state index contributed by atoms with van der Waals surface area (Å²) >= 11 is 6.40. The highest BCUT2D eigenvalue weighted by molar-refractivity contribution is 6.21. The lowest BCUT2D eigenvalue weighted by Gasteiger charge is -2.22. The Kier molecular flexibility index (Phi) is 4.94. The van der Waals surface area contributed by atoms with Gasteiger partial charge in [0.2, 0.25) is 0 Å². The molecule has 0 saturated carbocycles. The Morgan fingerprint density at radius 3 is 2.71 bits per heavy atom. The van der Waals surface area contributed by atoms with E-state index in [9.17, 15) is 0 Å². The summed E-state index contributed by atoms with van der Waals surface area (Å²) in [5.41, 5.74) is 0.230. The lowest BCUT2D eigenvalue weighted by Crippen LogP contribution is -2.21. The van der Waals surface area contributed by atoms with Crippen LogP contribution in [0.25, 0.3) is 10.8 Å². The number of anilines is 1. The largest absolute Gasteiger partial charge is 0.497 e. The van der Waals surface area contributed by atoms with E-state index in [2.05, 4.69) is 31.1 Å². The predicted molar refractivity (Wildman–Crippen MR) is 90.5 cm³/mol. The fourth-order valence-electron chi connectivity index (χ4n) is 2.37. The van der Waals surface area contributed by atoms with Gasteiger partial charge < -0.3 is 10.1 Å². The fourth-order valence-corrected chi connectivity index (χ4v) is 2.91. The Balaban J connectivity index is 2.12. The number of nitrogens with zero attached hydrogens (tertiary/aromatic N) is 1. The van der Waals surface area contributed by atoms with Crippen LogP contribution in [0.15, 0.2) is 30.5 Å².